The normalized spacial score (nSPS) is 17.1. The summed E-state index contributed by atoms with van der Waals surface area (Å²) in [6, 6.07) is 3.36. The van der Waals surface area contributed by atoms with E-state index in [1.807, 2.05) is 4.90 Å². The Morgan fingerprint density at radius 2 is 1.89 bits per heavy atom. The molecule has 4 rings (SSSR count). The fourth-order valence-electron chi connectivity index (χ4n) is 4.53. The van der Waals surface area contributed by atoms with Crippen LogP contribution in [0.4, 0.5) is 0 Å². The fraction of sp³-hybridized carbons (Fsp3) is 0.458. The number of carbonyl (C=O) groups is 3. The maximum Gasteiger partial charge on any atom is 0.319 e. The van der Waals surface area contributed by atoms with Gasteiger partial charge in [-0.05, 0) is 42.9 Å². The molecular weight excluding hydrogens is 454 g/mol. The second kappa shape index (κ2) is 10.6. The Balaban J connectivity index is 1.26. The number of furan rings is 1. The van der Waals surface area contributed by atoms with Crippen molar-refractivity contribution in [3.05, 3.63) is 42.0 Å². The number of amides is 3. The summed E-state index contributed by atoms with van der Waals surface area (Å²) in [6.45, 7) is 2.47. The molecule has 11 heteroatoms. The topological polar surface area (TPSA) is 127 Å². The largest absolute Gasteiger partial charge is 0.480 e. The Labute approximate surface area is 203 Å². The number of carbonyl (C=O) groups excluding carboxylic acids is 3. The van der Waals surface area contributed by atoms with Gasteiger partial charge in [-0.2, -0.15) is 4.98 Å². The molecule has 2 aromatic heterocycles. The van der Waals surface area contributed by atoms with Crippen molar-refractivity contribution >= 4 is 23.8 Å². The van der Waals surface area contributed by atoms with Crippen molar-refractivity contribution < 1.29 is 28.3 Å². The molecule has 2 aliphatic heterocycles. The second-order valence-electron chi connectivity index (χ2n) is 8.71. The third kappa shape index (κ3) is 5.61. The number of likely N-dealkylation sites (tertiary alicyclic amines) is 2. The Morgan fingerprint density at radius 1 is 1.14 bits per heavy atom. The number of rotatable bonds is 7. The van der Waals surface area contributed by atoms with E-state index in [0.29, 0.717) is 37.6 Å². The van der Waals surface area contributed by atoms with Crippen LogP contribution in [0.3, 0.4) is 0 Å². The van der Waals surface area contributed by atoms with Crippen LogP contribution < -0.4 is 14.8 Å². The second-order valence-corrected chi connectivity index (χ2v) is 8.71. The zero-order valence-corrected chi connectivity index (χ0v) is 19.9. The predicted octanol–water partition coefficient (Wildman–Crippen LogP) is 1.37. The number of nitrogens with one attached hydrogen (secondary N) is 1. The molecule has 4 heterocycles. The van der Waals surface area contributed by atoms with Gasteiger partial charge in [0, 0.05) is 38.5 Å². The number of hydrogen-bond donors (Lipinski definition) is 1. The maximum atomic E-state index is 12.8. The minimum Gasteiger partial charge on any atom is -0.480 e. The lowest BCUT2D eigenvalue weighted by Crippen LogP contribution is -2.47. The maximum absolute atomic E-state index is 12.8. The van der Waals surface area contributed by atoms with Crippen LogP contribution in [0.5, 0.6) is 11.9 Å². The zero-order chi connectivity index (χ0) is 24.8. The van der Waals surface area contributed by atoms with Gasteiger partial charge in [0.2, 0.25) is 17.7 Å². The van der Waals surface area contributed by atoms with Crippen molar-refractivity contribution in [3.8, 4) is 11.9 Å². The van der Waals surface area contributed by atoms with Crippen molar-refractivity contribution in [2.45, 2.75) is 19.3 Å². The molecule has 2 saturated heterocycles. The first-order valence-electron chi connectivity index (χ1n) is 11.4. The molecule has 35 heavy (non-hydrogen) atoms. The fourth-order valence-corrected chi connectivity index (χ4v) is 4.53. The lowest BCUT2D eigenvalue weighted by molar-refractivity contribution is -0.133. The van der Waals surface area contributed by atoms with Crippen molar-refractivity contribution in [1.29, 1.82) is 0 Å². The highest BCUT2D eigenvalue weighted by molar-refractivity contribution is 5.94. The van der Waals surface area contributed by atoms with Crippen LogP contribution in [0.25, 0.3) is 6.08 Å². The quantitative estimate of drug-likeness (QED) is 0.585. The summed E-state index contributed by atoms with van der Waals surface area (Å²) in [6.07, 6.45) is 8.65. The van der Waals surface area contributed by atoms with E-state index in [1.54, 1.807) is 29.3 Å². The minimum atomic E-state index is -0.409. The van der Waals surface area contributed by atoms with Gasteiger partial charge in [0.1, 0.15) is 0 Å². The van der Waals surface area contributed by atoms with Crippen molar-refractivity contribution in [2.24, 2.45) is 5.41 Å². The number of aromatic nitrogens is 2. The molecule has 1 spiro atoms. The van der Waals surface area contributed by atoms with Crippen LogP contribution in [-0.2, 0) is 9.59 Å². The van der Waals surface area contributed by atoms with Crippen LogP contribution in [0, 0.1) is 5.41 Å². The average molecular weight is 484 g/mol. The summed E-state index contributed by atoms with van der Waals surface area (Å²) in [7, 11) is 2.97. The predicted molar refractivity (Wildman–Crippen MR) is 125 cm³/mol. The molecule has 2 fully saturated rings. The number of hydrogen-bond acceptors (Lipinski definition) is 8. The molecular formula is C24H29N5O6. The van der Waals surface area contributed by atoms with E-state index in [9.17, 15) is 14.4 Å². The van der Waals surface area contributed by atoms with Crippen LogP contribution in [0.15, 0.2) is 35.1 Å². The SMILES string of the molecule is COc1ncc(/C=C/C(=O)N2CCC3(CCN(C(=O)CNC(=O)c4ccco4)CC3)C2)c(OC)n1. The molecule has 0 atom stereocenters. The summed E-state index contributed by atoms with van der Waals surface area (Å²) in [5, 5.41) is 2.60. The van der Waals surface area contributed by atoms with Gasteiger partial charge >= 0.3 is 6.01 Å². The summed E-state index contributed by atoms with van der Waals surface area (Å²) >= 11 is 0. The molecule has 0 radical (unpaired) electrons. The highest BCUT2D eigenvalue weighted by Crippen LogP contribution is 2.40. The van der Waals surface area contributed by atoms with Gasteiger partial charge in [-0.15, -0.1) is 0 Å². The van der Waals surface area contributed by atoms with Crippen LogP contribution in [-0.4, -0.2) is 84.4 Å². The van der Waals surface area contributed by atoms with Gasteiger partial charge in [-0.1, -0.05) is 0 Å². The van der Waals surface area contributed by atoms with E-state index in [2.05, 4.69) is 15.3 Å². The van der Waals surface area contributed by atoms with Crippen molar-refractivity contribution in [1.82, 2.24) is 25.1 Å². The Hall–Kier alpha value is -3.89. The first-order chi connectivity index (χ1) is 16.9. The third-order valence-electron chi connectivity index (χ3n) is 6.61. The summed E-state index contributed by atoms with van der Waals surface area (Å²) < 4.78 is 15.3. The van der Waals surface area contributed by atoms with E-state index in [0.717, 1.165) is 19.3 Å². The first kappa shape index (κ1) is 24.2. The molecule has 1 N–H and O–H groups in total. The van der Waals surface area contributed by atoms with E-state index in [-0.39, 0.29) is 35.5 Å². The lowest BCUT2D eigenvalue weighted by atomic mass is 9.78. The van der Waals surface area contributed by atoms with Crippen LogP contribution in [0.2, 0.25) is 0 Å². The van der Waals surface area contributed by atoms with Crippen molar-refractivity contribution in [2.75, 3.05) is 46.9 Å². The minimum absolute atomic E-state index is 0.0125. The molecule has 0 saturated carbocycles. The zero-order valence-electron chi connectivity index (χ0n) is 19.9. The van der Waals surface area contributed by atoms with E-state index in [1.165, 1.54) is 26.6 Å². The molecule has 3 amide bonds. The van der Waals surface area contributed by atoms with Gasteiger partial charge in [0.25, 0.3) is 5.91 Å². The van der Waals surface area contributed by atoms with Gasteiger partial charge < -0.3 is 29.0 Å². The first-order valence-corrected chi connectivity index (χ1v) is 11.4. The highest BCUT2D eigenvalue weighted by Gasteiger charge is 2.42. The molecule has 0 aliphatic carbocycles. The molecule has 186 valence electrons. The van der Waals surface area contributed by atoms with E-state index >= 15 is 0 Å². The van der Waals surface area contributed by atoms with E-state index < -0.39 is 5.91 Å². The lowest BCUT2D eigenvalue weighted by Gasteiger charge is -2.39. The van der Waals surface area contributed by atoms with Gasteiger partial charge in [-0.25, -0.2) is 4.98 Å². The molecule has 2 aromatic rings. The Kier molecular flexibility index (Phi) is 7.33. The molecule has 0 bridgehead atoms. The van der Waals surface area contributed by atoms with Gasteiger partial charge in [0.15, 0.2) is 5.76 Å². The smallest absolute Gasteiger partial charge is 0.319 e. The standard InChI is InChI=1S/C24H29N5O6/c1-33-22-17(14-26-23(27-22)34-2)5-6-19(30)29-12-9-24(16-29)7-10-28(11-8-24)20(31)15-25-21(32)18-4-3-13-35-18/h3-6,13-14H,7-12,15-16H2,1-2H3,(H,25,32)/b6-5+. The number of nitrogens with zero attached hydrogens (tertiary/aromatic N) is 4. The van der Waals surface area contributed by atoms with Crippen LogP contribution in [0.1, 0.15) is 35.4 Å². The number of piperidine rings is 1. The molecule has 0 unspecified atom stereocenters. The van der Waals surface area contributed by atoms with E-state index in [4.69, 9.17) is 13.9 Å². The average Bonchev–Trinajstić information content (AvgIpc) is 3.57. The highest BCUT2D eigenvalue weighted by atomic mass is 16.5. The summed E-state index contributed by atoms with van der Waals surface area (Å²) in [5.41, 5.74) is 0.597. The van der Waals surface area contributed by atoms with Gasteiger partial charge in [-0.3, -0.25) is 14.4 Å². The summed E-state index contributed by atoms with van der Waals surface area (Å²) in [5.74, 6) is -0.105. The summed E-state index contributed by atoms with van der Waals surface area (Å²) in [4.78, 5) is 49.1. The Morgan fingerprint density at radius 3 is 2.54 bits per heavy atom. The number of methoxy groups -OCH3 is 2. The number of ether oxygens (including phenoxy) is 2. The third-order valence-corrected chi connectivity index (χ3v) is 6.61. The molecule has 0 aromatic carbocycles. The monoisotopic (exact) mass is 483 g/mol. The van der Waals surface area contributed by atoms with Gasteiger partial charge in [0.05, 0.1) is 32.6 Å². The van der Waals surface area contributed by atoms with Crippen molar-refractivity contribution in [3.63, 3.8) is 0 Å². The molecule has 11 nitrogen and oxygen atoms in total. The van der Waals surface area contributed by atoms with Crippen LogP contribution >= 0.6 is 0 Å². The Bertz CT molecular complexity index is 1090. The molecule has 2 aliphatic rings.